The summed E-state index contributed by atoms with van der Waals surface area (Å²) in [5.41, 5.74) is 0.601. The highest BCUT2D eigenvalue weighted by Crippen LogP contribution is 2.28. The Bertz CT molecular complexity index is 882. The smallest absolute Gasteiger partial charge is 0.338 e. The molecular weight excluding hydrogens is 388 g/mol. The summed E-state index contributed by atoms with van der Waals surface area (Å²) in [7, 11) is 0. The van der Waals surface area contributed by atoms with Gasteiger partial charge < -0.3 is 14.8 Å². The van der Waals surface area contributed by atoms with E-state index in [1.54, 1.807) is 6.92 Å². The van der Waals surface area contributed by atoms with Gasteiger partial charge in [-0.3, -0.25) is 14.9 Å². The molecule has 0 spiro atoms. The van der Waals surface area contributed by atoms with Crippen LogP contribution in [0.2, 0.25) is 0 Å². The molecule has 0 radical (unpaired) electrons. The molecule has 0 bridgehead atoms. The second-order valence-electron chi connectivity index (χ2n) is 7.11. The van der Waals surface area contributed by atoms with Crippen LogP contribution in [0.4, 0.5) is 5.69 Å². The van der Waals surface area contributed by atoms with E-state index < -0.39 is 23.4 Å². The third-order valence-electron chi connectivity index (χ3n) is 4.27. The molecule has 0 aromatic heterocycles. The van der Waals surface area contributed by atoms with Crippen LogP contribution < -0.4 is 10.1 Å². The molecule has 30 heavy (non-hydrogen) atoms. The first kappa shape index (κ1) is 22.9. The van der Waals surface area contributed by atoms with Crippen molar-refractivity contribution in [2.45, 2.75) is 33.2 Å². The predicted octanol–water partition coefficient (Wildman–Crippen LogP) is 4.05. The Balaban J connectivity index is 2.01. The number of hydrogen-bond donors (Lipinski definition) is 1. The van der Waals surface area contributed by atoms with E-state index in [1.165, 1.54) is 12.1 Å². The number of carbonyl (C=O) groups is 2. The van der Waals surface area contributed by atoms with E-state index in [9.17, 15) is 19.7 Å². The number of hydrogen-bond acceptors (Lipinski definition) is 6. The Morgan fingerprint density at radius 2 is 1.83 bits per heavy atom. The highest BCUT2D eigenvalue weighted by molar-refractivity contribution is 5.92. The van der Waals surface area contributed by atoms with Crippen molar-refractivity contribution >= 4 is 17.6 Å². The molecule has 0 aliphatic carbocycles. The van der Waals surface area contributed by atoms with Gasteiger partial charge in [-0.25, -0.2) is 4.79 Å². The minimum Gasteiger partial charge on any atom is -0.487 e. The molecule has 1 amide bonds. The molecule has 0 saturated heterocycles. The highest BCUT2D eigenvalue weighted by Gasteiger charge is 2.21. The van der Waals surface area contributed by atoms with Crippen LogP contribution in [0, 0.1) is 16.0 Å². The minimum atomic E-state index is -0.823. The normalized spacial score (nSPS) is 11.6. The standard InChI is InChI=1S/C22H26N2O6/c1-4-29-20-11-10-17(13-19(20)24(27)28)22(26)30-14-21(25)23-18(12-15(2)3)16-8-6-5-7-9-16/h5-11,13,15,18H,4,12,14H2,1-3H3,(H,23,25)/t18-/m0/s1. The Labute approximate surface area is 175 Å². The van der Waals surface area contributed by atoms with Crippen molar-refractivity contribution in [2.24, 2.45) is 5.92 Å². The lowest BCUT2D eigenvalue weighted by atomic mass is 9.97. The lowest BCUT2D eigenvalue weighted by Gasteiger charge is -2.21. The van der Waals surface area contributed by atoms with E-state index >= 15 is 0 Å². The number of amides is 1. The number of carbonyl (C=O) groups excluding carboxylic acids is 2. The Morgan fingerprint density at radius 1 is 1.13 bits per heavy atom. The maximum absolute atomic E-state index is 12.3. The van der Waals surface area contributed by atoms with Crippen molar-refractivity contribution in [3.05, 3.63) is 69.8 Å². The molecule has 160 valence electrons. The maximum Gasteiger partial charge on any atom is 0.338 e. The first-order chi connectivity index (χ1) is 14.3. The van der Waals surface area contributed by atoms with Crippen molar-refractivity contribution in [3.8, 4) is 5.75 Å². The molecule has 1 atom stereocenters. The summed E-state index contributed by atoms with van der Waals surface area (Å²) in [4.78, 5) is 35.2. The van der Waals surface area contributed by atoms with Gasteiger partial charge in [-0.05, 0) is 37.0 Å². The number of nitrogens with one attached hydrogen (secondary N) is 1. The fourth-order valence-corrected chi connectivity index (χ4v) is 2.95. The topological polar surface area (TPSA) is 108 Å². The fraction of sp³-hybridized carbons (Fsp3) is 0.364. The molecule has 0 heterocycles. The van der Waals surface area contributed by atoms with Gasteiger partial charge in [0.1, 0.15) is 0 Å². The van der Waals surface area contributed by atoms with Gasteiger partial charge >= 0.3 is 11.7 Å². The molecule has 2 rings (SSSR count). The second kappa shape index (κ2) is 10.9. The SMILES string of the molecule is CCOc1ccc(C(=O)OCC(=O)N[C@@H](CC(C)C)c2ccccc2)cc1[N+](=O)[O-]. The third-order valence-corrected chi connectivity index (χ3v) is 4.27. The first-order valence-corrected chi connectivity index (χ1v) is 9.74. The molecule has 8 heteroatoms. The van der Waals surface area contributed by atoms with Gasteiger partial charge in [0.25, 0.3) is 5.91 Å². The van der Waals surface area contributed by atoms with Crippen molar-refractivity contribution in [2.75, 3.05) is 13.2 Å². The fourth-order valence-electron chi connectivity index (χ4n) is 2.95. The summed E-state index contributed by atoms with van der Waals surface area (Å²) < 4.78 is 10.2. The number of esters is 1. The van der Waals surface area contributed by atoms with Crippen molar-refractivity contribution in [3.63, 3.8) is 0 Å². The van der Waals surface area contributed by atoms with Gasteiger partial charge in [-0.2, -0.15) is 0 Å². The van der Waals surface area contributed by atoms with E-state index in [1.807, 2.05) is 30.3 Å². The van der Waals surface area contributed by atoms with E-state index in [0.29, 0.717) is 5.92 Å². The molecule has 0 fully saturated rings. The van der Waals surface area contributed by atoms with Crippen LogP contribution in [-0.2, 0) is 9.53 Å². The maximum atomic E-state index is 12.3. The monoisotopic (exact) mass is 414 g/mol. The van der Waals surface area contributed by atoms with Crippen LogP contribution in [0.1, 0.15) is 49.2 Å². The quantitative estimate of drug-likeness (QED) is 0.357. The van der Waals surface area contributed by atoms with Gasteiger partial charge in [0.15, 0.2) is 12.4 Å². The molecule has 0 unspecified atom stereocenters. The van der Waals surface area contributed by atoms with Crippen molar-refractivity contribution in [1.82, 2.24) is 5.32 Å². The molecule has 0 aliphatic rings. The molecule has 0 aliphatic heterocycles. The summed E-state index contributed by atoms with van der Waals surface area (Å²) in [5.74, 6) is -0.853. The van der Waals surface area contributed by atoms with Crippen LogP contribution in [0.15, 0.2) is 48.5 Å². The average molecular weight is 414 g/mol. The van der Waals surface area contributed by atoms with Gasteiger partial charge in [-0.1, -0.05) is 44.2 Å². The third kappa shape index (κ3) is 6.58. The van der Waals surface area contributed by atoms with Crippen LogP contribution in [0.5, 0.6) is 5.75 Å². The van der Waals surface area contributed by atoms with E-state index in [4.69, 9.17) is 9.47 Å². The molecule has 1 N–H and O–H groups in total. The van der Waals surface area contributed by atoms with Gasteiger partial charge in [0.2, 0.25) is 0 Å². The number of nitrogens with zero attached hydrogens (tertiary/aromatic N) is 1. The summed E-state index contributed by atoms with van der Waals surface area (Å²) >= 11 is 0. The van der Waals surface area contributed by atoms with E-state index in [2.05, 4.69) is 19.2 Å². The zero-order valence-corrected chi connectivity index (χ0v) is 17.3. The number of benzene rings is 2. The van der Waals surface area contributed by atoms with Crippen LogP contribution in [-0.4, -0.2) is 30.0 Å². The van der Waals surface area contributed by atoms with Crippen molar-refractivity contribution < 1.29 is 24.0 Å². The zero-order chi connectivity index (χ0) is 22.1. The average Bonchev–Trinajstić information content (AvgIpc) is 2.72. The molecule has 0 saturated carbocycles. The summed E-state index contributed by atoms with van der Waals surface area (Å²) in [6.07, 6.45) is 0.731. The van der Waals surface area contributed by atoms with Crippen LogP contribution in [0.25, 0.3) is 0 Å². The number of nitro benzene ring substituents is 1. The molecule has 2 aromatic carbocycles. The summed E-state index contributed by atoms with van der Waals surface area (Å²) in [6.45, 7) is 5.58. The number of ether oxygens (including phenoxy) is 2. The predicted molar refractivity (Wildman–Crippen MR) is 111 cm³/mol. The van der Waals surface area contributed by atoms with Crippen LogP contribution in [0.3, 0.4) is 0 Å². The molecular formula is C22H26N2O6. The van der Waals surface area contributed by atoms with Gasteiger partial charge in [-0.15, -0.1) is 0 Å². The Kier molecular flexibility index (Phi) is 8.34. The lowest BCUT2D eigenvalue weighted by molar-refractivity contribution is -0.385. The molecule has 2 aromatic rings. The number of rotatable bonds is 10. The highest BCUT2D eigenvalue weighted by atomic mass is 16.6. The minimum absolute atomic E-state index is 0.0280. The van der Waals surface area contributed by atoms with Crippen molar-refractivity contribution in [1.29, 1.82) is 0 Å². The zero-order valence-electron chi connectivity index (χ0n) is 17.3. The van der Waals surface area contributed by atoms with Crippen LogP contribution >= 0.6 is 0 Å². The van der Waals surface area contributed by atoms with Gasteiger partial charge in [0.05, 0.1) is 23.1 Å². The Hall–Kier alpha value is -3.42. The second-order valence-corrected chi connectivity index (χ2v) is 7.11. The number of nitro groups is 1. The van der Waals surface area contributed by atoms with E-state index in [0.717, 1.165) is 18.1 Å². The summed E-state index contributed by atoms with van der Waals surface area (Å²) in [5, 5.41) is 14.1. The van der Waals surface area contributed by atoms with Gasteiger partial charge in [0, 0.05) is 6.07 Å². The molecule has 8 nitrogen and oxygen atoms in total. The Morgan fingerprint density at radius 3 is 2.43 bits per heavy atom. The largest absolute Gasteiger partial charge is 0.487 e. The van der Waals surface area contributed by atoms with E-state index in [-0.39, 0.29) is 29.6 Å². The lowest BCUT2D eigenvalue weighted by Crippen LogP contribution is -2.33. The first-order valence-electron chi connectivity index (χ1n) is 9.74. The summed E-state index contributed by atoms with van der Waals surface area (Å²) in [6, 6.07) is 13.1.